The molecule has 1 aromatic carbocycles. The Hall–Kier alpha value is -2.18. The summed E-state index contributed by atoms with van der Waals surface area (Å²) in [5, 5.41) is 22.5. The Labute approximate surface area is 158 Å². The van der Waals surface area contributed by atoms with Gasteiger partial charge in [-0.1, -0.05) is 0 Å². The highest BCUT2D eigenvalue weighted by molar-refractivity contribution is 7.89. The smallest absolute Gasteiger partial charge is 0.299 e. The van der Waals surface area contributed by atoms with Crippen molar-refractivity contribution < 1.29 is 23.1 Å². The summed E-state index contributed by atoms with van der Waals surface area (Å²) < 4.78 is 24.1. The van der Waals surface area contributed by atoms with Crippen molar-refractivity contribution in [3.63, 3.8) is 0 Å². The number of nitro benzene ring substituents is 2. The van der Waals surface area contributed by atoms with Crippen molar-refractivity contribution in [3.05, 3.63) is 37.9 Å². The summed E-state index contributed by atoms with van der Waals surface area (Å²) in [7, 11) is -4.01. The lowest BCUT2D eigenvalue weighted by Gasteiger charge is -2.23. The van der Waals surface area contributed by atoms with Crippen molar-refractivity contribution in [2.75, 3.05) is 36.0 Å². The number of benzene rings is 1. The lowest BCUT2D eigenvalue weighted by molar-refractivity contribution is -0.393. The number of hydrogen-bond acceptors (Lipinski definition) is 8. The zero-order chi connectivity index (χ0) is 20.1. The molecule has 14 heteroatoms. The average Bonchev–Trinajstić information content (AvgIpc) is 2.51. The van der Waals surface area contributed by atoms with Crippen LogP contribution in [-0.2, 0) is 10.0 Å². The van der Waals surface area contributed by atoms with Gasteiger partial charge in [0.15, 0.2) is 0 Å². The lowest BCUT2D eigenvalue weighted by atomic mass is 10.1. The van der Waals surface area contributed by atoms with Crippen molar-refractivity contribution in [3.8, 4) is 0 Å². The summed E-state index contributed by atoms with van der Waals surface area (Å²) in [6, 6.07) is 1.48. The van der Waals surface area contributed by atoms with Crippen molar-refractivity contribution in [1.82, 2.24) is 4.72 Å². The monoisotopic (exact) mass is 428 g/mol. The van der Waals surface area contributed by atoms with E-state index in [0.717, 1.165) is 6.07 Å². The van der Waals surface area contributed by atoms with Gasteiger partial charge in [-0.25, -0.2) is 13.1 Å². The fourth-order valence-corrected chi connectivity index (χ4v) is 2.93. The van der Waals surface area contributed by atoms with Crippen LogP contribution in [0.25, 0.3) is 0 Å². The first-order valence-corrected chi connectivity index (χ1v) is 9.83. The van der Waals surface area contributed by atoms with E-state index in [4.69, 9.17) is 23.2 Å². The topological polar surface area (TPSA) is 153 Å². The SMILES string of the molecule is CS(=O)(=O)NC(=O)c1cc(N(CCCl)CCCl)c([N+](=O)[O-])cc1[N+](=O)[O-]. The number of nitrogens with zero attached hydrogens (tertiary/aromatic N) is 3. The van der Waals surface area contributed by atoms with E-state index in [1.165, 1.54) is 4.90 Å². The molecule has 1 rings (SSSR count). The number of nitro groups is 2. The van der Waals surface area contributed by atoms with Crippen LogP contribution in [0.5, 0.6) is 0 Å². The quantitative estimate of drug-likeness (QED) is 0.352. The molecule has 0 bridgehead atoms. The van der Waals surface area contributed by atoms with Crippen molar-refractivity contribution in [2.45, 2.75) is 0 Å². The van der Waals surface area contributed by atoms with E-state index in [-0.39, 0.29) is 30.5 Å². The maximum atomic E-state index is 12.1. The third-order valence-corrected chi connectivity index (χ3v) is 3.95. The van der Waals surface area contributed by atoms with Gasteiger partial charge in [0, 0.05) is 24.8 Å². The van der Waals surface area contributed by atoms with Crippen LogP contribution in [-0.4, -0.2) is 55.3 Å². The first-order valence-electron chi connectivity index (χ1n) is 6.87. The first-order chi connectivity index (χ1) is 12.0. The van der Waals surface area contributed by atoms with Gasteiger partial charge in [-0.2, -0.15) is 0 Å². The molecule has 0 fully saturated rings. The summed E-state index contributed by atoms with van der Waals surface area (Å²) in [5.41, 5.74) is -2.32. The van der Waals surface area contributed by atoms with E-state index in [1.54, 1.807) is 4.72 Å². The van der Waals surface area contributed by atoms with Crippen molar-refractivity contribution in [1.29, 1.82) is 0 Å². The van der Waals surface area contributed by atoms with E-state index in [1.807, 2.05) is 0 Å². The number of carbonyl (C=O) groups excluding carboxylic acids is 1. The summed E-state index contributed by atoms with van der Waals surface area (Å²) in [6.45, 7) is 0.222. The minimum Gasteiger partial charge on any atom is -0.364 e. The molecule has 0 unspecified atom stereocenters. The highest BCUT2D eigenvalue weighted by atomic mass is 35.5. The molecule has 0 aliphatic rings. The second-order valence-electron chi connectivity index (χ2n) is 4.94. The average molecular weight is 429 g/mol. The second kappa shape index (κ2) is 8.96. The number of sulfonamides is 1. The normalized spacial score (nSPS) is 11.0. The first kappa shape index (κ1) is 21.9. The molecule has 144 valence electrons. The number of anilines is 1. The number of halogens is 2. The van der Waals surface area contributed by atoms with Crippen LogP contribution >= 0.6 is 23.2 Å². The number of hydrogen-bond donors (Lipinski definition) is 1. The third kappa shape index (κ3) is 5.68. The largest absolute Gasteiger partial charge is 0.364 e. The van der Waals surface area contributed by atoms with Gasteiger partial charge < -0.3 is 4.90 Å². The molecule has 0 spiro atoms. The predicted octanol–water partition coefficient (Wildman–Crippen LogP) is 1.48. The molecule has 0 aliphatic heterocycles. The van der Waals surface area contributed by atoms with E-state index in [9.17, 15) is 33.4 Å². The third-order valence-electron chi connectivity index (χ3n) is 3.06. The molecule has 0 radical (unpaired) electrons. The molecule has 0 aromatic heterocycles. The van der Waals surface area contributed by atoms with Crippen LogP contribution in [0, 0.1) is 20.2 Å². The number of carbonyl (C=O) groups is 1. The van der Waals surface area contributed by atoms with Gasteiger partial charge in [0.1, 0.15) is 11.3 Å². The van der Waals surface area contributed by atoms with Gasteiger partial charge in [-0.3, -0.25) is 25.0 Å². The molecule has 0 aliphatic carbocycles. The zero-order valence-corrected chi connectivity index (χ0v) is 15.7. The lowest BCUT2D eigenvalue weighted by Crippen LogP contribution is -2.31. The molecule has 1 aromatic rings. The minimum atomic E-state index is -4.01. The van der Waals surface area contributed by atoms with Gasteiger partial charge in [-0.05, 0) is 6.07 Å². The van der Waals surface area contributed by atoms with Crippen molar-refractivity contribution >= 4 is 56.2 Å². The standard InChI is InChI=1S/C12H14Cl2N4O7S/c1-26(24,25)15-12(19)8-6-10(16(4-2-13)5-3-14)11(18(22)23)7-9(8)17(20)21/h6-7H,2-5H2,1H3,(H,15,19). The predicted molar refractivity (Wildman–Crippen MR) is 95.7 cm³/mol. The highest BCUT2D eigenvalue weighted by Gasteiger charge is 2.31. The van der Waals surface area contributed by atoms with Gasteiger partial charge in [0.05, 0.1) is 22.2 Å². The molecule has 11 nitrogen and oxygen atoms in total. The van der Waals surface area contributed by atoms with Crippen LogP contribution in [0.15, 0.2) is 12.1 Å². The second-order valence-corrected chi connectivity index (χ2v) is 7.45. The Morgan fingerprint density at radius 2 is 1.62 bits per heavy atom. The van der Waals surface area contributed by atoms with Gasteiger partial charge in [-0.15, -0.1) is 23.2 Å². The van der Waals surface area contributed by atoms with E-state index in [0.29, 0.717) is 12.3 Å². The Bertz CT molecular complexity index is 825. The Balaban J connectivity index is 3.67. The van der Waals surface area contributed by atoms with Crippen LogP contribution < -0.4 is 9.62 Å². The summed E-state index contributed by atoms with van der Waals surface area (Å²) in [5.74, 6) is -1.15. The molecule has 1 amide bonds. The van der Waals surface area contributed by atoms with E-state index >= 15 is 0 Å². The minimum absolute atomic E-state index is 0.0654. The molecule has 1 N–H and O–H groups in total. The van der Waals surface area contributed by atoms with Crippen LogP contribution in [0.2, 0.25) is 0 Å². The van der Waals surface area contributed by atoms with Gasteiger partial charge >= 0.3 is 0 Å². The van der Waals surface area contributed by atoms with Gasteiger partial charge in [0.2, 0.25) is 10.0 Å². The number of alkyl halides is 2. The number of amides is 1. The van der Waals surface area contributed by atoms with Crippen LogP contribution in [0.1, 0.15) is 10.4 Å². The Morgan fingerprint density at radius 1 is 1.12 bits per heavy atom. The molecule has 0 saturated heterocycles. The Kier molecular flexibility index (Phi) is 7.54. The molecule has 0 saturated carbocycles. The fourth-order valence-electron chi connectivity index (χ4n) is 2.08. The molecular formula is C12H14Cl2N4O7S. The van der Waals surface area contributed by atoms with E-state index in [2.05, 4.69) is 0 Å². The maximum absolute atomic E-state index is 12.1. The maximum Gasteiger partial charge on any atom is 0.299 e. The molecule has 0 heterocycles. The van der Waals surface area contributed by atoms with Crippen molar-refractivity contribution in [2.24, 2.45) is 0 Å². The van der Waals surface area contributed by atoms with Crippen LogP contribution in [0.3, 0.4) is 0 Å². The fraction of sp³-hybridized carbons (Fsp3) is 0.417. The summed E-state index contributed by atoms with van der Waals surface area (Å²) in [4.78, 5) is 34.1. The molecule has 26 heavy (non-hydrogen) atoms. The summed E-state index contributed by atoms with van der Waals surface area (Å²) in [6.07, 6.45) is 0.691. The molecular weight excluding hydrogens is 415 g/mol. The highest BCUT2D eigenvalue weighted by Crippen LogP contribution is 2.35. The number of nitrogens with one attached hydrogen (secondary N) is 1. The van der Waals surface area contributed by atoms with Crippen LogP contribution in [0.4, 0.5) is 17.1 Å². The van der Waals surface area contributed by atoms with E-state index < -0.39 is 42.7 Å². The zero-order valence-electron chi connectivity index (χ0n) is 13.3. The number of rotatable bonds is 9. The Morgan fingerprint density at radius 3 is 2.00 bits per heavy atom. The summed E-state index contributed by atoms with van der Waals surface area (Å²) >= 11 is 11.3. The molecule has 0 atom stereocenters. The van der Waals surface area contributed by atoms with Gasteiger partial charge in [0.25, 0.3) is 17.3 Å².